The standard InChI is InChI=1S/C10H12N2O2/c1-4-8-5-6-9(11(2)3)10(7-8)12(13)14/h4-7H,1H2,2-3H3. The van der Waals surface area contributed by atoms with Crippen LogP contribution in [0.4, 0.5) is 11.4 Å². The van der Waals surface area contributed by atoms with E-state index in [1.54, 1.807) is 37.2 Å². The number of benzene rings is 1. The summed E-state index contributed by atoms with van der Waals surface area (Å²) in [5, 5.41) is 10.7. The lowest BCUT2D eigenvalue weighted by Gasteiger charge is -2.12. The molecule has 0 saturated heterocycles. The molecular weight excluding hydrogens is 180 g/mol. The highest BCUT2D eigenvalue weighted by atomic mass is 16.6. The molecule has 0 radical (unpaired) electrons. The molecule has 0 fully saturated rings. The molecule has 0 aromatic heterocycles. The third kappa shape index (κ3) is 1.90. The molecule has 0 aliphatic carbocycles. The van der Waals surface area contributed by atoms with Crippen LogP contribution in [0.1, 0.15) is 5.56 Å². The van der Waals surface area contributed by atoms with Crippen molar-refractivity contribution in [2.75, 3.05) is 19.0 Å². The van der Waals surface area contributed by atoms with Gasteiger partial charge in [-0.05, 0) is 11.6 Å². The number of anilines is 1. The molecule has 4 nitrogen and oxygen atoms in total. The summed E-state index contributed by atoms with van der Waals surface area (Å²) in [6.45, 7) is 3.57. The second-order valence-electron chi connectivity index (χ2n) is 3.10. The van der Waals surface area contributed by atoms with Crippen molar-refractivity contribution in [1.29, 1.82) is 0 Å². The average Bonchev–Trinajstić information content (AvgIpc) is 2.16. The monoisotopic (exact) mass is 192 g/mol. The quantitative estimate of drug-likeness (QED) is 0.545. The highest BCUT2D eigenvalue weighted by Gasteiger charge is 2.14. The number of hydrogen-bond donors (Lipinski definition) is 0. The van der Waals surface area contributed by atoms with Gasteiger partial charge in [-0.3, -0.25) is 10.1 Å². The molecule has 4 heteroatoms. The summed E-state index contributed by atoms with van der Waals surface area (Å²) in [5.41, 5.74) is 1.45. The van der Waals surface area contributed by atoms with Gasteiger partial charge >= 0.3 is 0 Å². The number of rotatable bonds is 3. The first-order chi connectivity index (χ1) is 6.56. The van der Waals surface area contributed by atoms with Crippen LogP contribution in [0.5, 0.6) is 0 Å². The second kappa shape index (κ2) is 3.91. The van der Waals surface area contributed by atoms with Crippen LogP contribution in [-0.4, -0.2) is 19.0 Å². The van der Waals surface area contributed by atoms with Crippen molar-refractivity contribution in [3.63, 3.8) is 0 Å². The number of nitro benzene ring substituents is 1. The Morgan fingerprint density at radius 1 is 1.50 bits per heavy atom. The van der Waals surface area contributed by atoms with E-state index in [0.717, 1.165) is 5.56 Å². The molecule has 74 valence electrons. The van der Waals surface area contributed by atoms with Crippen LogP contribution >= 0.6 is 0 Å². The maximum Gasteiger partial charge on any atom is 0.293 e. The normalized spacial score (nSPS) is 9.57. The maximum atomic E-state index is 10.7. The Morgan fingerprint density at radius 2 is 2.14 bits per heavy atom. The fourth-order valence-corrected chi connectivity index (χ4v) is 1.19. The van der Waals surface area contributed by atoms with Crippen molar-refractivity contribution in [3.05, 3.63) is 40.5 Å². The van der Waals surface area contributed by atoms with Crippen LogP contribution in [0.2, 0.25) is 0 Å². The van der Waals surface area contributed by atoms with Gasteiger partial charge in [0.1, 0.15) is 5.69 Å². The van der Waals surface area contributed by atoms with E-state index in [1.807, 2.05) is 0 Å². The molecule has 0 unspecified atom stereocenters. The SMILES string of the molecule is C=Cc1ccc(N(C)C)c([N+](=O)[O-])c1. The molecule has 0 bridgehead atoms. The molecular formula is C10H12N2O2. The molecule has 0 aliphatic rings. The molecule has 0 aliphatic heterocycles. The zero-order valence-electron chi connectivity index (χ0n) is 8.23. The van der Waals surface area contributed by atoms with Crippen LogP contribution in [0, 0.1) is 10.1 Å². The first kappa shape index (κ1) is 10.2. The van der Waals surface area contributed by atoms with Gasteiger partial charge in [0.15, 0.2) is 0 Å². The summed E-state index contributed by atoms with van der Waals surface area (Å²) in [4.78, 5) is 12.1. The molecule has 0 spiro atoms. The van der Waals surface area contributed by atoms with Crippen molar-refractivity contribution in [2.45, 2.75) is 0 Å². The smallest absolute Gasteiger partial charge is 0.293 e. The summed E-state index contributed by atoms with van der Waals surface area (Å²) >= 11 is 0. The Labute approximate surface area is 82.6 Å². The largest absolute Gasteiger partial charge is 0.372 e. The number of nitrogens with zero attached hydrogens (tertiary/aromatic N) is 2. The summed E-state index contributed by atoms with van der Waals surface area (Å²) < 4.78 is 0. The Bertz CT molecular complexity index is 372. The van der Waals surface area contributed by atoms with Gasteiger partial charge in [-0.15, -0.1) is 0 Å². The average molecular weight is 192 g/mol. The Morgan fingerprint density at radius 3 is 2.57 bits per heavy atom. The topological polar surface area (TPSA) is 46.4 Å². The number of hydrogen-bond acceptors (Lipinski definition) is 3. The number of nitro groups is 1. The van der Waals surface area contributed by atoms with E-state index < -0.39 is 0 Å². The lowest BCUT2D eigenvalue weighted by molar-refractivity contribution is -0.384. The fraction of sp³-hybridized carbons (Fsp3) is 0.200. The zero-order chi connectivity index (χ0) is 10.7. The summed E-state index contributed by atoms with van der Waals surface area (Å²) in [6.07, 6.45) is 1.59. The van der Waals surface area contributed by atoms with E-state index in [9.17, 15) is 10.1 Å². The minimum Gasteiger partial charge on any atom is -0.372 e. The van der Waals surface area contributed by atoms with Gasteiger partial charge in [-0.25, -0.2) is 0 Å². The van der Waals surface area contributed by atoms with Gasteiger partial charge in [-0.2, -0.15) is 0 Å². The minimum absolute atomic E-state index is 0.104. The zero-order valence-corrected chi connectivity index (χ0v) is 8.23. The second-order valence-corrected chi connectivity index (χ2v) is 3.10. The molecule has 0 heterocycles. The minimum atomic E-state index is -0.387. The highest BCUT2D eigenvalue weighted by Crippen LogP contribution is 2.27. The fourth-order valence-electron chi connectivity index (χ4n) is 1.19. The van der Waals surface area contributed by atoms with Crippen LogP contribution < -0.4 is 4.90 Å². The molecule has 0 N–H and O–H groups in total. The van der Waals surface area contributed by atoms with Gasteiger partial charge in [0.05, 0.1) is 4.92 Å². The van der Waals surface area contributed by atoms with Crippen molar-refractivity contribution in [2.24, 2.45) is 0 Å². The van der Waals surface area contributed by atoms with Crippen LogP contribution in [0.15, 0.2) is 24.8 Å². The van der Waals surface area contributed by atoms with Gasteiger partial charge in [0, 0.05) is 20.2 Å². The van der Waals surface area contributed by atoms with Crippen molar-refractivity contribution in [1.82, 2.24) is 0 Å². The van der Waals surface area contributed by atoms with Gasteiger partial charge < -0.3 is 4.90 Å². The van der Waals surface area contributed by atoms with E-state index in [2.05, 4.69) is 6.58 Å². The molecule has 14 heavy (non-hydrogen) atoms. The lowest BCUT2D eigenvalue weighted by Crippen LogP contribution is -2.10. The van der Waals surface area contributed by atoms with Gasteiger partial charge in [0.25, 0.3) is 5.69 Å². The Kier molecular flexibility index (Phi) is 2.86. The molecule has 0 atom stereocenters. The van der Waals surface area contributed by atoms with Crippen LogP contribution in [-0.2, 0) is 0 Å². The molecule has 1 aromatic carbocycles. The van der Waals surface area contributed by atoms with E-state index >= 15 is 0 Å². The first-order valence-electron chi connectivity index (χ1n) is 4.14. The van der Waals surface area contributed by atoms with E-state index in [-0.39, 0.29) is 10.6 Å². The van der Waals surface area contributed by atoms with Crippen molar-refractivity contribution >= 4 is 17.5 Å². The maximum absolute atomic E-state index is 10.7. The predicted octanol–water partition coefficient (Wildman–Crippen LogP) is 2.30. The summed E-state index contributed by atoms with van der Waals surface area (Å²) in [5.74, 6) is 0. The molecule has 1 rings (SSSR count). The van der Waals surface area contributed by atoms with E-state index in [0.29, 0.717) is 5.69 Å². The van der Waals surface area contributed by atoms with Crippen LogP contribution in [0.25, 0.3) is 6.08 Å². The third-order valence-electron chi connectivity index (χ3n) is 1.91. The predicted molar refractivity (Wildman–Crippen MR) is 57.5 cm³/mol. The molecule has 0 saturated carbocycles. The molecule has 0 amide bonds. The van der Waals surface area contributed by atoms with Crippen molar-refractivity contribution in [3.8, 4) is 0 Å². The van der Waals surface area contributed by atoms with E-state index in [1.165, 1.54) is 6.07 Å². The Hall–Kier alpha value is -1.84. The summed E-state index contributed by atoms with van der Waals surface area (Å²) in [7, 11) is 3.55. The summed E-state index contributed by atoms with van der Waals surface area (Å²) in [6, 6.07) is 5.03. The lowest BCUT2D eigenvalue weighted by atomic mass is 10.1. The molecule has 1 aromatic rings. The van der Waals surface area contributed by atoms with E-state index in [4.69, 9.17) is 0 Å². The van der Waals surface area contributed by atoms with Gasteiger partial charge in [-0.1, -0.05) is 18.7 Å². The van der Waals surface area contributed by atoms with Gasteiger partial charge in [0.2, 0.25) is 0 Å². The Balaban J connectivity index is 3.31. The van der Waals surface area contributed by atoms with Crippen LogP contribution in [0.3, 0.4) is 0 Å². The third-order valence-corrected chi connectivity index (χ3v) is 1.91. The first-order valence-corrected chi connectivity index (χ1v) is 4.14. The highest BCUT2D eigenvalue weighted by molar-refractivity contribution is 5.67. The van der Waals surface area contributed by atoms with Crippen molar-refractivity contribution < 1.29 is 4.92 Å².